The minimum absolute atomic E-state index is 0.136. The fourth-order valence-electron chi connectivity index (χ4n) is 2.49. The van der Waals surface area contributed by atoms with Crippen molar-refractivity contribution in [1.29, 1.82) is 0 Å². The summed E-state index contributed by atoms with van der Waals surface area (Å²) in [4.78, 5) is 16.2. The van der Waals surface area contributed by atoms with Crippen LogP contribution in [0, 0.1) is 9.94 Å². The summed E-state index contributed by atoms with van der Waals surface area (Å²) < 4.78 is 49.7. The molecule has 11 heteroatoms. The second kappa shape index (κ2) is 7.62. The Labute approximate surface area is 169 Å². The highest BCUT2D eigenvalue weighted by Gasteiger charge is 2.31. The first-order valence-corrected chi connectivity index (χ1v) is 9.62. The molecule has 0 atom stereocenters. The lowest BCUT2D eigenvalue weighted by molar-refractivity contribution is -0.274. The molecule has 3 rings (SSSR count). The summed E-state index contributed by atoms with van der Waals surface area (Å²) in [5.41, 5.74) is 1.89. The molecule has 144 valence electrons. The van der Waals surface area contributed by atoms with Gasteiger partial charge in [0.1, 0.15) is 5.75 Å². The number of carbonyl (C=O) groups is 1. The number of ether oxygens (including phenoxy) is 2. The van der Waals surface area contributed by atoms with E-state index in [-0.39, 0.29) is 24.6 Å². The number of hydrogen-bond donors (Lipinski definition) is 0. The molecule has 0 saturated heterocycles. The topological polar surface area (TPSA) is 66.2 Å². The van der Waals surface area contributed by atoms with E-state index < -0.39 is 12.3 Å². The van der Waals surface area contributed by atoms with Crippen LogP contribution in [0.4, 0.5) is 13.2 Å². The molecule has 0 aliphatic heterocycles. The van der Waals surface area contributed by atoms with Crippen molar-refractivity contribution < 1.29 is 27.4 Å². The van der Waals surface area contributed by atoms with Crippen molar-refractivity contribution in [1.82, 2.24) is 14.8 Å². The molecule has 2 aromatic heterocycles. The normalized spacial score (nSPS) is 11.8. The SMILES string of the molecule is CCOC(=O)c1cc(C)n(Cc2cc(OC(F)(F)F)cc3sc(I)nc23)n1. The first kappa shape index (κ1) is 19.9. The maximum Gasteiger partial charge on any atom is 0.573 e. The van der Waals surface area contributed by atoms with Crippen LogP contribution in [0.15, 0.2) is 18.2 Å². The molecule has 0 unspecified atom stereocenters. The summed E-state index contributed by atoms with van der Waals surface area (Å²) in [7, 11) is 0. The molecular weight excluding hydrogens is 498 g/mol. The smallest absolute Gasteiger partial charge is 0.461 e. The number of hydrogen-bond acceptors (Lipinski definition) is 6. The summed E-state index contributed by atoms with van der Waals surface area (Å²) >= 11 is 3.27. The standard InChI is InChI=1S/C16H13F3IN3O3S/c1-3-25-14(24)11-4-8(2)23(22-11)7-9-5-10(26-16(17,18)19)6-12-13(9)21-15(20)27-12/h4-6H,3,7H2,1-2H3. The lowest BCUT2D eigenvalue weighted by atomic mass is 10.2. The Morgan fingerprint density at radius 2 is 2.07 bits per heavy atom. The summed E-state index contributed by atoms with van der Waals surface area (Å²) in [6, 6.07) is 4.17. The Morgan fingerprint density at radius 1 is 1.33 bits per heavy atom. The summed E-state index contributed by atoms with van der Waals surface area (Å²) in [6.07, 6.45) is -4.79. The Balaban J connectivity index is 2.00. The Hall–Kier alpha value is -1.89. The van der Waals surface area contributed by atoms with E-state index in [0.717, 1.165) is 0 Å². The van der Waals surface area contributed by atoms with Gasteiger partial charge in [-0.2, -0.15) is 5.10 Å². The average molecular weight is 511 g/mol. The minimum atomic E-state index is -4.79. The van der Waals surface area contributed by atoms with Crippen molar-refractivity contribution in [3.8, 4) is 5.75 Å². The average Bonchev–Trinajstić information content (AvgIpc) is 3.09. The van der Waals surface area contributed by atoms with Gasteiger partial charge in [-0.05, 0) is 48.6 Å². The number of thiazole rings is 1. The van der Waals surface area contributed by atoms with Gasteiger partial charge in [0.15, 0.2) is 8.71 Å². The number of carbonyl (C=O) groups excluding carboxylic acids is 1. The molecule has 0 radical (unpaired) electrons. The van der Waals surface area contributed by atoms with Crippen LogP contribution in [0.5, 0.6) is 5.75 Å². The van der Waals surface area contributed by atoms with Gasteiger partial charge < -0.3 is 9.47 Å². The largest absolute Gasteiger partial charge is 0.573 e. The molecule has 0 fully saturated rings. The molecule has 1 aromatic carbocycles. The third kappa shape index (κ3) is 4.69. The monoisotopic (exact) mass is 511 g/mol. The third-order valence-electron chi connectivity index (χ3n) is 3.54. The molecule has 0 spiro atoms. The number of aromatic nitrogens is 3. The van der Waals surface area contributed by atoms with Gasteiger partial charge in [-0.25, -0.2) is 9.78 Å². The van der Waals surface area contributed by atoms with Crippen molar-refractivity contribution in [2.75, 3.05) is 6.61 Å². The van der Waals surface area contributed by atoms with E-state index in [2.05, 4.69) is 14.8 Å². The van der Waals surface area contributed by atoms with Crippen LogP contribution in [0.3, 0.4) is 0 Å². The highest BCUT2D eigenvalue weighted by molar-refractivity contribution is 14.1. The fraction of sp³-hybridized carbons (Fsp3) is 0.312. The van der Waals surface area contributed by atoms with Gasteiger partial charge in [-0.3, -0.25) is 4.68 Å². The Kier molecular flexibility index (Phi) is 5.60. The van der Waals surface area contributed by atoms with Gasteiger partial charge >= 0.3 is 12.3 Å². The molecule has 0 amide bonds. The molecule has 2 heterocycles. The van der Waals surface area contributed by atoms with E-state index in [4.69, 9.17) is 4.74 Å². The minimum Gasteiger partial charge on any atom is -0.461 e. The zero-order chi connectivity index (χ0) is 19.8. The second-order valence-electron chi connectivity index (χ2n) is 5.49. The van der Waals surface area contributed by atoms with Crippen molar-refractivity contribution in [2.45, 2.75) is 26.8 Å². The first-order chi connectivity index (χ1) is 12.7. The molecule has 0 bridgehead atoms. The van der Waals surface area contributed by atoms with E-state index in [9.17, 15) is 18.0 Å². The number of esters is 1. The zero-order valence-electron chi connectivity index (χ0n) is 14.1. The fourth-order valence-corrected chi connectivity index (χ4v) is 4.21. The predicted molar refractivity (Wildman–Crippen MR) is 101 cm³/mol. The van der Waals surface area contributed by atoms with Gasteiger partial charge in [-0.1, -0.05) is 0 Å². The number of rotatable bonds is 5. The molecule has 6 nitrogen and oxygen atoms in total. The second-order valence-corrected chi connectivity index (χ2v) is 8.28. The Bertz CT molecular complexity index is 1000. The lowest BCUT2D eigenvalue weighted by Gasteiger charge is -2.11. The quantitative estimate of drug-likeness (QED) is 0.372. The maximum atomic E-state index is 12.6. The van der Waals surface area contributed by atoms with Crippen LogP contribution in [-0.4, -0.2) is 33.7 Å². The number of halogens is 4. The molecule has 0 N–H and O–H groups in total. The number of fused-ring (bicyclic) bond motifs is 1. The highest BCUT2D eigenvalue weighted by Crippen LogP contribution is 2.33. The van der Waals surface area contributed by atoms with Gasteiger partial charge in [0.25, 0.3) is 0 Å². The molecule has 0 saturated carbocycles. The van der Waals surface area contributed by atoms with E-state index in [1.165, 1.54) is 28.2 Å². The van der Waals surface area contributed by atoms with Crippen LogP contribution >= 0.6 is 33.9 Å². The summed E-state index contributed by atoms with van der Waals surface area (Å²) in [5, 5.41) is 4.19. The molecular formula is C16H13F3IN3O3S. The van der Waals surface area contributed by atoms with Crippen LogP contribution in [0.1, 0.15) is 28.7 Å². The molecule has 0 aliphatic carbocycles. The zero-order valence-corrected chi connectivity index (χ0v) is 17.1. The van der Waals surface area contributed by atoms with Crippen LogP contribution in [0.2, 0.25) is 0 Å². The van der Waals surface area contributed by atoms with E-state index in [1.54, 1.807) is 19.9 Å². The number of aryl methyl sites for hydroxylation is 1. The summed E-state index contributed by atoms with van der Waals surface area (Å²) in [5.74, 6) is -0.873. The molecule has 27 heavy (non-hydrogen) atoms. The van der Waals surface area contributed by atoms with Crippen molar-refractivity contribution in [2.24, 2.45) is 0 Å². The third-order valence-corrected chi connectivity index (χ3v) is 5.23. The lowest BCUT2D eigenvalue weighted by Crippen LogP contribution is -2.17. The van der Waals surface area contributed by atoms with E-state index >= 15 is 0 Å². The maximum absolute atomic E-state index is 12.6. The van der Waals surface area contributed by atoms with Gasteiger partial charge in [0.2, 0.25) is 0 Å². The van der Waals surface area contributed by atoms with E-state index in [0.29, 0.717) is 24.5 Å². The van der Waals surface area contributed by atoms with E-state index in [1.807, 2.05) is 22.6 Å². The van der Waals surface area contributed by atoms with Crippen molar-refractivity contribution in [3.63, 3.8) is 0 Å². The van der Waals surface area contributed by atoms with Crippen LogP contribution in [0.25, 0.3) is 10.2 Å². The number of benzene rings is 1. The molecule has 3 aromatic rings. The van der Waals surface area contributed by atoms with Crippen molar-refractivity contribution >= 4 is 50.1 Å². The highest BCUT2D eigenvalue weighted by atomic mass is 127. The van der Waals surface area contributed by atoms with Crippen LogP contribution in [-0.2, 0) is 11.3 Å². The number of nitrogens with zero attached hydrogens (tertiary/aromatic N) is 3. The number of alkyl halides is 3. The van der Waals surface area contributed by atoms with Gasteiger partial charge in [0.05, 0.1) is 23.4 Å². The Morgan fingerprint density at radius 3 is 2.74 bits per heavy atom. The van der Waals surface area contributed by atoms with Crippen molar-refractivity contribution in [3.05, 3.63) is 38.2 Å². The first-order valence-electron chi connectivity index (χ1n) is 7.72. The van der Waals surface area contributed by atoms with Gasteiger partial charge in [-0.15, -0.1) is 24.5 Å². The molecule has 0 aliphatic rings. The van der Waals surface area contributed by atoms with Crippen LogP contribution < -0.4 is 4.74 Å². The van der Waals surface area contributed by atoms with Gasteiger partial charge in [0, 0.05) is 17.3 Å². The summed E-state index contributed by atoms with van der Waals surface area (Å²) in [6.45, 7) is 3.79. The predicted octanol–water partition coefficient (Wildman–Crippen LogP) is 4.53.